The lowest BCUT2D eigenvalue weighted by atomic mass is 10.0. The maximum atomic E-state index is 12.1. The van der Waals surface area contributed by atoms with Gasteiger partial charge in [-0.3, -0.25) is 9.63 Å². The summed E-state index contributed by atoms with van der Waals surface area (Å²) in [6.07, 6.45) is 0.000622. The second kappa shape index (κ2) is 8.89. The molecule has 0 aromatic heterocycles. The number of nitrogens with zero attached hydrogens (tertiary/aromatic N) is 1. The van der Waals surface area contributed by atoms with Gasteiger partial charge < -0.3 is 10.1 Å². The van der Waals surface area contributed by atoms with Crippen LogP contribution in [0.25, 0.3) is 0 Å². The van der Waals surface area contributed by atoms with Gasteiger partial charge in [-0.15, -0.1) is 0 Å². The Morgan fingerprint density at radius 2 is 1.83 bits per heavy atom. The van der Waals surface area contributed by atoms with E-state index < -0.39 is 17.7 Å². The van der Waals surface area contributed by atoms with E-state index in [4.69, 9.17) is 21.2 Å². The lowest BCUT2D eigenvalue weighted by Gasteiger charge is -2.24. The second-order valence-corrected chi connectivity index (χ2v) is 6.89. The quantitative estimate of drug-likeness (QED) is 0.795. The molecule has 0 aliphatic carbocycles. The Morgan fingerprint density at radius 3 is 2.33 bits per heavy atom. The van der Waals surface area contributed by atoms with Crippen molar-refractivity contribution in [3.05, 3.63) is 34.9 Å². The van der Waals surface area contributed by atoms with E-state index in [-0.39, 0.29) is 12.3 Å². The predicted octanol–water partition coefficient (Wildman–Crippen LogP) is 3.19. The fourth-order valence-corrected chi connectivity index (χ4v) is 2.12. The van der Waals surface area contributed by atoms with Crippen molar-refractivity contribution in [1.82, 2.24) is 10.4 Å². The van der Waals surface area contributed by atoms with Crippen molar-refractivity contribution >= 4 is 23.6 Å². The first kappa shape index (κ1) is 20.3. The number of halogens is 1. The van der Waals surface area contributed by atoms with Gasteiger partial charge in [0.05, 0.1) is 7.11 Å². The third-order valence-corrected chi connectivity index (χ3v) is 3.41. The fraction of sp³-hybridized carbons (Fsp3) is 0.529. The molecule has 0 spiro atoms. The normalized spacial score (nSPS) is 12.4. The smallest absolute Gasteiger partial charge is 0.407 e. The van der Waals surface area contributed by atoms with E-state index in [2.05, 4.69) is 5.32 Å². The molecular weight excluding hydrogens is 332 g/mol. The molecular formula is C17H25ClN2O4. The molecule has 1 unspecified atom stereocenters. The SMILES string of the molecule is CON(C)C(=O)CC(Cc1ccc(Cl)cc1)NC(=O)OC(C)(C)C. The lowest BCUT2D eigenvalue weighted by molar-refractivity contribution is -0.169. The fourth-order valence-electron chi connectivity index (χ4n) is 1.99. The average Bonchev–Trinajstić information content (AvgIpc) is 2.46. The van der Waals surface area contributed by atoms with Crippen LogP contribution in [0.2, 0.25) is 5.02 Å². The van der Waals surface area contributed by atoms with Crippen LogP contribution in [0.15, 0.2) is 24.3 Å². The molecule has 1 N–H and O–H groups in total. The van der Waals surface area contributed by atoms with Crippen LogP contribution in [0.4, 0.5) is 4.79 Å². The largest absolute Gasteiger partial charge is 0.444 e. The van der Waals surface area contributed by atoms with Gasteiger partial charge >= 0.3 is 6.09 Å². The summed E-state index contributed by atoms with van der Waals surface area (Å²) in [5, 5.41) is 4.51. The molecule has 0 aliphatic rings. The van der Waals surface area contributed by atoms with Gasteiger partial charge in [-0.2, -0.15) is 0 Å². The number of nitrogens with one attached hydrogen (secondary N) is 1. The van der Waals surface area contributed by atoms with Crippen LogP contribution in [-0.2, 0) is 20.8 Å². The van der Waals surface area contributed by atoms with Gasteiger partial charge in [-0.05, 0) is 44.9 Å². The number of rotatable bonds is 6. The van der Waals surface area contributed by atoms with E-state index in [1.165, 1.54) is 14.2 Å². The van der Waals surface area contributed by atoms with Crippen LogP contribution in [-0.4, -0.2) is 42.9 Å². The van der Waals surface area contributed by atoms with E-state index in [0.29, 0.717) is 11.4 Å². The minimum Gasteiger partial charge on any atom is -0.444 e. The van der Waals surface area contributed by atoms with E-state index in [0.717, 1.165) is 10.6 Å². The number of hydroxylamine groups is 2. The Hall–Kier alpha value is -1.79. The highest BCUT2D eigenvalue weighted by Gasteiger charge is 2.23. The number of carbonyl (C=O) groups is 2. The number of amides is 2. The molecule has 6 nitrogen and oxygen atoms in total. The molecule has 1 aromatic rings. The van der Waals surface area contributed by atoms with Crippen molar-refractivity contribution in [3.63, 3.8) is 0 Å². The first-order valence-corrected chi connectivity index (χ1v) is 8.03. The summed E-state index contributed by atoms with van der Waals surface area (Å²) in [5.41, 5.74) is 0.343. The molecule has 0 fully saturated rings. The molecule has 0 saturated heterocycles. The van der Waals surface area contributed by atoms with Gasteiger partial charge in [0.15, 0.2) is 0 Å². The Morgan fingerprint density at radius 1 is 1.25 bits per heavy atom. The van der Waals surface area contributed by atoms with Crippen LogP contribution in [0.3, 0.4) is 0 Å². The monoisotopic (exact) mass is 356 g/mol. The summed E-state index contributed by atoms with van der Waals surface area (Å²) in [4.78, 5) is 29.0. The maximum absolute atomic E-state index is 12.1. The van der Waals surface area contributed by atoms with E-state index in [1.54, 1.807) is 32.9 Å². The van der Waals surface area contributed by atoms with Crippen LogP contribution in [0.5, 0.6) is 0 Å². The van der Waals surface area contributed by atoms with Crippen molar-refractivity contribution in [1.29, 1.82) is 0 Å². The topological polar surface area (TPSA) is 67.9 Å². The van der Waals surface area contributed by atoms with Crippen LogP contribution in [0.1, 0.15) is 32.8 Å². The first-order chi connectivity index (χ1) is 11.1. The molecule has 1 rings (SSSR count). The van der Waals surface area contributed by atoms with Crippen LogP contribution >= 0.6 is 11.6 Å². The van der Waals surface area contributed by atoms with E-state index >= 15 is 0 Å². The molecule has 0 radical (unpaired) electrons. The molecule has 134 valence electrons. The molecule has 0 aliphatic heterocycles. The highest BCUT2D eigenvalue weighted by Crippen LogP contribution is 2.14. The predicted molar refractivity (Wildman–Crippen MR) is 92.7 cm³/mol. The van der Waals surface area contributed by atoms with Crippen LogP contribution in [0, 0.1) is 0 Å². The van der Waals surface area contributed by atoms with Crippen molar-refractivity contribution in [2.45, 2.75) is 45.3 Å². The Kier molecular flexibility index (Phi) is 7.51. The van der Waals surface area contributed by atoms with Gasteiger partial charge in [-0.1, -0.05) is 23.7 Å². The molecule has 2 amide bonds. The molecule has 0 bridgehead atoms. The third-order valence-electron chi connectivity index (χ3n) is 3.16. The van der Waals surface area contributed by atoms with Crippen molar-refractivity contribution in [2.75, 3.05) is 14.2 Å². The molecule has 24 heavy (non-hydrogen) atoms. The van der Waals surface area contributed by atoms with E-state index in [1.807, 2.05) is 12.1 Å². The minimum atomic E-state index is -0.609. The molecule has 0 heterocycles. The number of alkyl carbamates (subject to hydrolysis) is 1. The Labute approximate surface area is 148 Å². The summed E-state index contributed by atoms with van der Waals surface area (Å²) in [6.45, 7) is 5.35. The third kappa shape index (κ3) is 7.66. The Balaban J connectivity index is 2.80. The van der Waals surface area contributed by atoms with Crippen LogP contribution < -0.4 is 5.32 Å². The highest BCUT2D eigenvalue weighted by molar-refractivity contribution is 6.30. The molecule has 0 saturated carbocycles. The minimum absolute atomic E-state index is 0.0895. The summed E-state index contributed by atoms with van der Waals surface area (Å²) in [7, 11) is 2.93. The van der Waals surface area contributed by atoms with Gasteiger partial charge in [0.25, 0.3) is 0 Å². The number of hydrogen-bond acceptors (Lipinski definition) is 4. The number of hydrogen-bond donors (Lipinski definition) is 1. The number of ether oxygens (including phenoxy) is 1. The van der Waals surface area contributed by atoms with Crippen molar-refractivity contribution in [2.24, 2.45) is 0 Å². The summed E-state index contributed by atoms with van der Waals surface area (Å²) in [5.74, 6) is -0.243. The lowest BCUT2D eigenvalue weighted by Crippen LogP contribution is -2.43. The van der Waals surface area contributed by atoms with Gasteiger partial charge in [0, 0.05) is 24.5 Å². The van der Waals surface area contributed by atoms with E-state index in [9.17, 15) is 9.59 Å². The van der Waals surface area contributed by atoms with Gasteiger partial charge in [-0.25, -0.2) is 9.86 Å². The maximum Gasteiger partial charge on any atom is 0.407 e. The van der Waals surface area contributed by atoms with Crippen molar-refractivity contribution < 1.29 is 19.2 Å². The first-order valence-electron chi connectivity index (χ1n) is 7.65. The zero-order valence-corrected chi connectivity index (χ0v) is 15.5. The van der Waals surface area contributed by atoms with Gasteiger partial charge in [0.2, 0.25) is 5.91 Å². The average molecular weight is 357 g/mol. The van der Waals surface area contributed by atoms with Gasteiger partial charge in [0.1, 0.15) is 5.60 Å². The zero-order valence-electron chi connectivity index (χ0n) is 14.8. The summed E-state index contributed by atoms with van der Waals surface area (Å²) >= 11 is 5.88. The molecule has 1 aromatic carbocycles. The standard InChI is InChI=1S/C17H25ClN2O4/c1-17(2,3)24-16(22)19-14(11-15(21)20(4)23-5)10-12-6-8-13(18)9-7-12/h6-9,14H,10-11H2,1-5H3,(H,19,22). The number of carbonyl (C=O) groups excluding carboxylic acids is 2. The van der Waals surface area contributed by atoms with Crippen molar-refractivity contribution in [3.8, 4) is 0 Å². The molecule has 1 atom stereocenters. The highest BCUT2D eigenvalue weighted by atomic mass is 35.5. The summed E-state index contributed by atoms with van der Waals surface area (Å²) < 4.78 is 5.27. The number of benzene rings is 1. The second-order valence-electron chi connectivity index (χ2n) is 6.45. The zero-order chi connectivity index (χ0) is 18.3. The Bertz CT molecular complexity index is 555. The summed E-state index contributed by atoms with van der Waals surface area (Å²) in [6, 6.07) is 6.83. The molecule has 7 heteroatoms.